The van der Waals surface area contributed by atoms with Crippen LogP contribution in [0.5, 0.6) is 0 Å². The number of carbonyl (C=O) groups excluding carboxylic acids is 1. The van der Waals surface area contributed by atoms with E-state index in [0.29, 0.717) is 12.2 Å². The van der Waals surface area contributed by atoms with Gasteiger partial charge in [-0.3, -0.25) is 4.79 Å². The van der Waals surface area contributed by atoms with Crippen molar-refractivity contribution >= 4 is 22.8 Å². The number of fused-ring (bicyclic) bond motifs is 1. The van der Waals surface area contributed by atoms with Gasteiger partial charge in [-0.25, -0.2) is 9.97 Å². The van der Waals surface area contributed by atoms with Crippen molar-refractivity contribution in [2.24, 2.45) is 7.05 Å². The van der Waals surface area contributed by atoms with Crippen LogP contribution in [-0.4, -0.2) is 33.7 Å². The lowest BCUT2D eigenvalue weighted by atomic mass is 10.2. The van der Waals surface area contributed by atoms with Crippen molar-refractivity contribution in [3.05, 3.63) is 18.6 Å². The highest BCUT2D eigenvalue weighted by Gasteiger charge is 2.12. The fraction of sp³-hybridized carbons (Fsp3) is 0.417. The van der Waals surface area contributed by atoms with Crippen LogP contribution in [0.1, 0.15) is 13.3 Å². The largest absolute Gasteiger partial charge is 0.469 e. The second-order valence-corrected chi connectivity index (χ2v) is 4.21. The van der Waals surface area contributed by atoms with E-state index >= 15 is 0 Å². The second kappa shape index (κ2) is 5.03. The molecule has 0 saturated heterocycles. The Hall–Kier alpha value is -2.11. The summed E-state index contributed by atoms with van der Waals surface area (Å²) >= 11 is 0. The zero-order valence-electron chi connectivity index (χ0n) is 10.7. The number of aryl methyl sites for hydroxylation is 1. The highest BCUT2D eigenvalue weighted by Crippen LogP contribution is 2.19. The molecule has 0 radical (unpaired) electrons. The number of esters is 1. The zero-order valence-corrected chi connectivity index (χ0v) is 10.7. The number of anilines is 1. The molecule has 1 atom stereocenters. The van der Waals surface area contributed by atoms with Crippen LogP contribution in [0.25, 0.3) is 11.0 Å². The van der Waals surface area contributed by atoms with Gasteiger partial charge in [-0.2, -0.15) is 0 Å². The van der Waals surface area contributed by atoms with Gasteiger partial charge in [-0.1, -0.05) is 0 Å². The van der Waals surface area contributed by atoms with Crippen LogP contribution >= 0.6 is 0 Å². The minimum Gasteiger partial charge on any atom is -0.469 e. The first-order valence-corrected chi connectivity index (χ1v) is 5.71. The third-order valence-electron chi connectivity index (χ3n) is 2.73. The van der Waals surface area contributed by atoms with Crippen molar-refractivity contribution in [3.63, 3.8) is 0 Å². The van der Waals surface area contributed by atoms with Crippen molar-refractivity contribution in [2.75, 3.05) is 12.4 Å². The molecule has 1 N–H and O–H groups in total. The van der Waals surface area contributed by atoms with Crippen LogP contribution in [-0.2, 0) is 16.6 Å². The van der Waals surface area contributed by atoms with Gasteiger partial charge in [0.1, 0.15) is 5.52 Å². The average Bonchev–Trinajstić information content (AvgIpc) is 2.72. The lowest BCUT2D eigenvalue weighted by molar-refractivity contribution is -0.140. The Bertz CT molecular complexity index is 564. The van der Waals surface area contributed by atoms with Gasteiger partial charge in [-0.15, -0.1) is 0 Å². The summed E-state index contributed by atoms with van der Waals surface area (Å²) in [7, 11) is 3.31. The Balaban J connectivity index is 2.19. The Kier molecular flexibility index (Phi) is 3.45. The predicted molar refractivity (Wildman–Crippen MR) is 68.2 cm³/mol. The molecular weight excluding hydrogens is 232 g/mol. The molecule has 6 nitrogen and oxygen atoms in total. The van der Waals surface area contributed by atoms with Crippen LogP contribution in [0.3, 0.4) is 0 Å². The monoisotopic (exact) mass is 248 g/mol. The number of pyridine rings is 1. The number of hydrogen-bond acceptors (Lipinski definition) is 5. The van der Waals surface area contributed by atoms with E-state index in [9.17, 15) is 4.79 Å². The summed E-state index contributed by atoms with van der Waals surface area (Å²) in [5.41, 5.74) is 1.80. The molecule has 96 valence electrons. The van der Waals surface area contributed by atoms with E-state index in [1.54, 1.807) is 12.5 Å². The topological polar surface area (TPSA) is 69.0 Å². The normalized spacial score (nSPS) is 12.4. The van der Waals surface area contributed by atoms with Gasteiger partial charge in [0.2, 0.25) is 0 Å². The number of methoxy groups -OCH3 is 1. The first-order chi connectivity index (χ1) is 8.61. The van der Waals surface area contributed by atoms with Gasteiger partial charge in [0, 0.05) is 19.3 Å². The van der Waals surface area contributed by atoms with Gasteiger partial charge >= 0.3 is 5.97 Å². The molecule has 0 aliphatic carbocycles. The molecule has 0 aromatic carbocycles. The Morgan fingerprint density at radius 2 is 2.33 bits per heavy atom. The highest BCUT2D eigenvalue weighted by molar-refractivity contribution is 5.86. The maximum Gasteiger partial charge on any atom is 0.307 e. The molecule has 0 aliphatic heterocycles. The first-order valence-electron chi connectivity index (χ1n) is 5.71. The minimum atomic E-state index is -0.247. The maximum atomic E-state index is 11.2. The van der Waals surface area contributed by atoms with E-state index in [-0.39, 0.29) is 12.0 Å². The van der Waals surface area contributed by atoms with Crippen LogP contribution in [0.15, 0.2) is 18.6 Å². The summed E-state index contributed by atoms with van der Waals surface area (Å²) in [6, 6.07) is 1.84. The third-order valence-corrected chi connectivity index (χ3v) is 2.73. The molecule has 0 spiro atoms. The fourth-order valence-corrected chi connectivity index (χ4v) is 1.79. The van der Waals surface area contributed by atoms with E-state index in [2.05, 4.69) is 20.0 Å². The number of rotatable bonds is 4. The predicted octanol–water partition coefficient (Wildman–Crippen LogP) is 1.33. The van der Waals surface area contributed by atoms with E-state index in [1.807, 2.05) is 24.6 Å². The summed E-state index contributed by atoms with van der Waals surface area (Å²) in [6.07, 6.45) is 3.75. The van der Waals surface area contributed by atoms with Gasteiger partial charge in [-0.05, 0) is 13.0 Å². The first kappa shape index (κ1) is 12.3. The fourth-order valence-electron chi connectivity index (χ4n) is 1.79. The summed E-state index contributed by atoms with van der Waals surface area (Å²) in [6.45, 7) is 1.90. The minimum absolute atomic E-state index is 0.0578. The lowest BCUT2D eigenvalue weighted by Gasteiger charge is -2.13. The number of ether oxygens (including phenoxy) is 1. The number of hydrogen-bond donors (Lipinski definition) is 1. The van der Waals surface area contributed by atoms with E-state index in [4.69, 9.17) is 0 Å². The molecule has 1 unspecified atom stereocenters. The SMILES string of the molecule is COC(=O)CC(C)Nc1nccc2c1ncn2C. The molecule has 0 amide bonds. The second-order valence-electron chi connectivity index (χ2n) is 4.21. The van der Waals surface area contributed by atoms with Gasteiger partial charge in [0.15, 0.2) is 5.82 Å². The van der Waals surface area contributed by atoms with E-state index < -0.39 is 0 Å². The number of carbonyl (C=O) groups is 1. The zero-order chi connectivity index (χ0) is 13.1. The standard InChI is InChI=1S/C12H16N4O2/c1-8(6-10(17)18-3)15-12-11-9(4-5-13-12)16(2)7-14-11/h4-5,7-8H,6H2,1-3H3,(H,13,15). The number of nitrogens with one attached hydrogen (secondary N) is 1. The number of aromatic nitrogens is 3. The molecule has 2 aromatic heterocycles. The van der Waals surface area contributed by atoms with Crippen LogP contribution in [0.2, 0.25) is 0 Å². The van der Waals surface area contributed by atoms with Crippen molar-refractivity contribution in [2.45, 2.75) is 19.4 Å². The summed E-state index contributed by atoms with van der Waals surface area (Å²) in [5.74, 6) is 0.438. The molecular formula is C12H16N4O2. The smallest absolute Gasteiger partial charge is 0.307 e. The molecule has 6 heteroatoms. The van der Waals surface area contributed by atoms with Gasteiger partial charge in [0.05, 0.1) is 25.4 Å². The molecule has 2 aromatic rings. The molecule has 0 fully saturated rings. The maximum absolute atomic E-state index is 11.2. The quantitative estimate of drug-likeness (QED) is 0.827. The summed E-state index contributed by atoms with van der Waals surface area (Å²) in [5, 5.41) is 3.18. The van der Waals surface area contributed by atoms with Crippen molar-refractivity contribution in [1.82, 2.24) is 14.5 Å². The molecule has 0 bridgehead atoms. The van der Waals surface area contributed by atoms with Crippen LogP contribution < -0.4 is 5.32 Å². The van der Waals surface area contributed by atoms with Crippen LogP contribution in [0.4, 0.5) is 5.82 Å². The third kappa shape index (κ3) is 2.42. The van der Waals surface area contributed by atoms with E-state index in [1.165, 1.54) is 7.11 Å². The Labute approximate surface area is 105 Å². The van der Waals surface area contributed by atoms with E-state index in [0.717, 1.165) is 11.0 Å². The number of nitrogens with zero attached hydrogens (tertiary/aromatic N) is 3. The molecule has 2 heterocycles. The molecule has 0 saturated carbocycles. The van der Waals surface area contributed by atoms with Crippen LogP contribution in [0, 0.1) is 0 Å². The van der Waals surface area contributed by atoms with Crippen molar-refractivity contribution in [1.29, 1.82) is 0 Å². The average molecular weight is 248 g/mol. The molecule has 0 aliphatic rings. The summed E-state index contributed by atoms with van der Waals surface area (Å²) < 4.78 is 6.55. The summed E-state index contributed by atoms with van der Waals surface area (Å²) in [4.78, 5) is 19.7. The lowest BCUT2D eigenvalue weighted by Crippen LogP contribution is -2.21. The van der Waals surface area contributed by atoms with Gasteiger partial charge in [0.25, 0.3) is 0 Å². The molecule has 2 rings (SSSR count). The molecule has 18 heavy (non-hydrogen) atoms. The Morgan fingerprint density at radius 1 is 1.56 bits per heavy atom. The highest BCUT2D eigenvalue weighted by atomic mass is 16.5. The Morgan fingerprint density at radius 3 is 3.06 bits per heavy atom. The van der Waals surface area contributed by atoms with Gasteiger partial charge < -0.3 is 14.6 Å². The number of imidazole rings is 1. The van der Waals surface area contributed by atoms with Crippen molar-refractivity contribution < 1.29 is 9.53 Å². The van der Waals surface area contributed by atoms with Crippen molar-refractivity contribution in [3.8, 4) is 0 Å².